The Labute approximate surface area is 152 Å². The first kappa shape index (κ1) is 15.5. The minimum Gasteiger partial charge on any atom is -0.355 e. The summed E-state index contributed by atoms with van der Waals surface area (Å²) in [6.07, 6.45) is 11.6. The fourth-order valence-corrected chi connectivity index (χ4v) is 5.75. The summed E-state index contributed by atoms with van der Waals surface area (Å²) in [5.41, 5.74) is 5.49. The quantitative estimate of drug-likeness (QED) is 0.672. The van der Waals surface area contributed by atoms with E-state index in [2.05, 4.69) is 16.8 Å². The monoisotopic (exact) mass is 352 g/mol. The summed E-state index contributed by atoms with van der Waals surface area (Å²) in [4.78, 5) is 18.1. The van der Waals surface area contributed by atoms with Crippen molar-refractivity contribution in [3.63, 3.8) is 0 Å². The van der Waals surface area contributed by atoms with E-state index in [1.54, 1.807) is 17.7 Å². The van der Waals surface area contributed by atoms with Gasteiger partial charge in [-0.15, -0.1) is 11.3 Å². The number of aryl methyl sites for hydroxylation is 2. The van der Waals surface area contributed by atoms with E-state index in [-0.39, 0.29) is 0 Å². The maximum absolute atomic E-state index is 5.06. The number of hydrogen-bond donors (Lipinski definition) is 0. The maximum Gasteiger partial charge on any atom is 0.150 e. The van der Waals surface area contributed by atoms with Crippen LogP contribution < -0.4 is 4.90 Å². The maximum atomic E-state index is 5.06. The molecule has 4 nitrogen and oxygen atoms in total. The van der Waals surface area contributed by atoms with Gasteiger partial charge < -0.3 is 4.90 Å². The summed E-state index contributed by atoms with van der Waals surface area (Å²) in [5.74, 6) is 1.13. The second kappa shape index (κ2) is 6.20. The van der Waals surface area contributed by atoms with Crippen LogP contribution in [0.2, 0.25) is 0 Å². The third-order valence-electron chi connectivity index (χ3n) is 5.78. The molecule has 0 aromatic carbocycles. The Kier molecular flexibility index (Phi) is 3.85. The van der Waals surface area contributed by atoms with Crippen molar-refractivity contribution < 1.29 is 0 Å². The molecule has 0 bridgehead atoms. The van der Waals surface area contributed by atoms with Crippen LogP contribution >= 0.6 is 11.3 Å². The van der Waals surface area contributed by atoms with Crippen LogP contribution in [0, 0.1) is 0 Å². The van der Waals surface area contributed by atoms with Gasteiger partial charge in [0.2, 0.25) is 0 Å². The van der Waals surface area contributed by atoms with Gasteiger partial charge >= 0.3 is 0 Å². The first-order chi connectivity index (χ1) is 12.4. The van der Waals surface area contributed by atoms with Gasteiger partial charge in [0.05, 0.1) is 10.2 Å². The number of anilines is 1. The van der Waals surface area contributed by atoms with E-state index in [4.69, 9.17) is 9.97 Å². The van der Waals surface area contributed by atoms with E-state index < -0.39 is 0 Å². The van der Waals surface area contributed by atoms with Crippen molar-refractivity contribution in [1.82, 2.24) is 15.0 Å². The lowest BCUT2D eigenvalue weighted by atomic mass is 9.88. The van der Waals surface area contributed by atoms with E-state index in [1.807, 2.05) is 0 Å². The first-order valence-electron chi connectivity index (χ1n) is 9.69. The van der Waals surface area contributed by atoms with Gasteiger partial charge in [0.25, 0.3) is 0 Å². The van der Waals surface area contributed by atoms with Crippen LogP contribution in [0.3, 0.4) is 0 Å². The summed E-state index contributed by atoms with van der Waals surface area (Å²) in [6, 6.07) is 0. The molecule has 3 aromatic rings. The molecule has 0 amide bonds. The Bertz CT molecular complexity index is 940. The topological polar surface area (TPSA) is 41.9 Å². The third-order valence-corrected chi connectivity index (χ3v) is 6.85. The van der Waals surface area contributed by atoms with Gasteiger partial charge in [-0.1, -0.05) is 6.92 Å². The number of fused-ring (bicyclic) bond motifs is 5. The molecule has 5 heteroatoms. The number of nitrogens with zero attached hydrogens (tertiary/aromatic N) is 4. The average Bonchev–Trinajstić information content (AvgIpc) is 3.06. The highest BCUT2D eigenvalue weighted by molar-refractivity contribution is 7.26. The second-order valence-corrected chi connectivity index (χ2v) is 8.28. The lowest BCUT2D eigenvalue weighted by Gasteiger charge is -2.27. The highest BCUT2D eigenvalue weighted by atomic mass is 32.1. The molecule has 3 aromatic heterocycles. The summed E-state index contributed by atoms with van der Waals surface area (Å²) in [6.45, 7) is 4.47. The molecule has 5 rings (SSSR count). The molecule has 130 valence electrons. The van der Waals surface area contributed by atoms with Gasteiger partial charge in [0, 0.05) is 24.2 Å². The van der Waals surface area contributed by atoms with Crippen molar-refractivity contribution in [2.75, 3.05) is 18.0 Å². The Morgan fingerprint density at radius 2 is 1.80 bits per heavy atom. The molecule has 0 atom stereocenters. The first-order valence-corrected chi connectivity index (χ1v) is 10.5. The molecular formula is C20H24N4S. The van der Waals surface area contributed by atoms with E-state index in [9.17, 15) is 0 Å². The fraction of sp³-hybridized carbons (Fsp3) is 0.550. The molecule has 25 heavy (non-hydrogen) atoms. The van der Waals surface area contributed by atoms with E-state index in [1.165, 1.54) is 76.7 Å². The van der Waals surface area contributed by atoms with Crippen LogP contribution in [0.4, 0.5) is 5.82 Å². The lowest BCUT2D eigenvalue weighted by Crippen LogP contribution is -2.30. The predicted octanol–water partition coefficient (Wildman–Crippen LogP) is 4.67. The van der Waals surface area contributed by atoms with Gasteiger partial charge in [-0.25, -0.2) is 15.0 Å². The van der Waals surface area contributed by atoms with Crippen molar-refractivity contribution in [2.24, 2.45) is 0 Å². The number of thiophene rings is 1. The summed E-state index contributed by atoms with van der Waals surface area (Å²) in [7, 11) is 0. The van der Waals surface area contributed by atoms with Crippen LogP contribution in [0.15, 0.2) is 6.33 Å². The van der Waals surface area contributed by atoms with Crippen molar-refractivity contribution >= 4 is 37.6 Å². The second-order valence-electron chi connectivity index (χ2n) is 7.28. The van der Waals surface area contributed by atoms with E-state index >= 15 is 0 Å². The van der Waals surface area contributed by atoms with Gasteiger partial charge in [-0.3, -0.25) is 0 Å². The molecule has 0 N–H and O–H groups in total. The summed E-state index contributed by atoms with van der Waals surface area (Å²) in [5, 5.41) is 1.33. The minimum absolute atomic E-state index is 1.02. The minimum atomic E-state index is 1.02. The molecule has 1 aliphatic heterocycles. The third kappa shape index (κ3) is 2.43. The molecule has 4 heterocycles. The lowest BCUT2D eigenvalue weighted by molar-refractivity contribution is 0.575. The molecular weight excluding hydrogens is 328 g/mol. The summed E-state index contributed by atoms with van der Waals surface area (Å²) < 4.78 is 1.24. The van der Waals surface area contributed by atoms with Crippen LogP contribution in [0.25, 0.3) is 20.4 Å². The number of aromatic nitrogens is 3. The van der Waals surface area contributed by atoms with E-state index in [0.29, 0.717) is 0 Å². The smallest absolute Gasteiger partial charge is 0.150 e. The molecule has 1 saturated heterocycles. The largest absolute Gasteiger partial charge is 0.355 e. The molecule has 0 radical (unpaired) electrons. The Balaban J connectivity index is 1.78. The molecule has 0 saturated carbocycles. The van der Waals surface area contributed by atoms with Crippen LogP contribution in [0.1, 0.15) is 55.8 Å². The van der Waals surface area contributed by atoms with Crippen molar-refractivity contribution in [2.45, 2.75) is 58.3 Å². The van der Waals surface area contributed by atoms with Gasteiger partial charge in [-0.05, 0) is 62.5 Å². The van der Waals surface area contributed by atoms with Crippen LogP contribution in [-0.4, -0.2) is 28.0 Å². The molecule has 2 aliphatic rings. The van der Waals surface area contributed by atoms with Gasteiger partial charge in [0.15, 0.2) is 0 Å². The van der Waals surface area contributed by atoms with E-state index in [0.717, 1.165) is 30.8 Å². The van der Waals surface area contributed by atoms with Crippen LogP contribution in [0.5, 0.6) is 0 Å². The molecule has 0 spiro atoms. The standard InChI is InChI=1S/C20H24N4S/c1-2-15-13-8-4-5-9-14(13)16-17-18(25-20(16)23-15)19(22-12-21-17)24-10-6-3-7-11-24/h12H,2-11H2,1H3. The van der Waals surface area contributed by atoms with Crippen molar-refractivity contribution in [3.8, 4) is 0 Å². The Morgan fingerprint density at radius 1 is 1.00 bits per heavy atom. The van der Waals surface area contributed by atoms with Gasteiger partial charge in [0.1, 0.15) is 17.0 Å². The van der Waals surface area contributed by atoms with Crippen molar-refractivity contribution in [1.29, 1.82) is 0 Å². The Morgan fingerprint density at radius 3 is 2.60 bits per heavy atom. The normalized spacial score (nSPS) is 18.0. The molecule has 0 unspecified atom stereocenters. The highest BCUT2D eigenvalue weighted by Gasteiger charge is 2.24. The number of hydrogen-bond acceptors (Lipinski definition) is 5. The molecule has 1 fully saturated rings. The SMILES string of the molecule is CCc1nc2sc3c(N4CCCCC4)ncnc3c2c2c1CCCC2. The van der Waals surface area contributed by atoms with Crippen LogP contribution in [-0.2, 0) is 19.3 Å². The zero-order valence-electron chi connectivity index (χ0n) is 14.8. The zero-order valence-corrected chi connectivity index (χ0v) is 15.7. The van der Waals surface area contributed by atoms with Crippen molar-refractivity contribution in [3.05, 3.63) is 23.1 Å². The van der Waals surface area contributed by atoms with Gasteiger partial charge in [-0.2, -0.15) is 0 Å². The highest BCUT2D eigenvalue weighted by Crippen LogP contribution is 2.41. The molecule has 1 aliphatic carbocycles. The fourth-order valence-electron chi connectivity index (χ4n) is 4.55. The Hall–Kier alpha value is -1.75. The number of pyridine rings is 1. The summed E-state index contributed by atoms with van der Waals surface area (Å²) >= 11 is 1.81. The predicted molar refractivity (Wildman–Crippen MR) is 105 cm³/mol. The number of piperidine rings is 1. The average molecular weight is 353 g/mol. The number of rotatable bonds is 2. The zero-order chi connectivity index (χ0) is 16.8.